The van der Waals surface area contributed by atoms with Gasteiger partial charge >= 0.3 is 0 Å². The van der Waals surface area contributed by atoms with Gasteiger partial charge in [-0.2, -0.15) is 0 Å². The summed E-state index contributed by atoms with van der Waals surface area (Å²) in [5.74, 6) is -0.470. The van der Waals surface area contributed by atoms with Crippen LogP contribution in [0.25, 0.3) is 10.1 Å². The van der Waals surface area contributed by atoms with Gasteiger partial charge in [0.05, 0.1) is 4.88 Å². The van der Waals surface area contributed by atoms with Crippen molar-refractivity contribution < 1.29 is 14.4 Å². The minimum Gasteiger partial charge on any atom is -0.354 e. The summed E-state index contributed by atoms with van der Waals surface area (Å²) < 4.78 is 1.05. The minimum absolute atomic E-state index is 0.0613. The first-order valence-electron chi connectivity index (χ1n) is 13.2. The number of nitrogens with one attached hydrogen (secondary N) is 4. The summed E-state index contributed by atoms with van der Waals surface area (Å²) in [4.78, 5) is 39.5. The number of amides is 3. The molecular formula is C29H34N4O3S. The van der Waals surface area contributed by atoms with Crippen molar-refractivity contribution in [2.45, 2.75) is 62.6 Å². The van der Waals surface area contributed by atoms with E-state index in [0.29, 0.717) is 17.7 Å². The molecule has 4 N–H and O–H groups in total. The molecule has 37 heavy (non-hydrogen) atoms. The van der Waals surface area contributed by atoms with Crippen molar-refractivity contribution in [1.82, 2.24) is 21.3 Å². The first-order chi connectivity index (χ1) is 18.0. The molecule has 1 saturated carbocycles. The highest BCUT2D eigenvalue weighted by molar-refractivity contribution is 7.20. The fourth-order valence-electron chi connectivity index (χ4n) is 5.51. The maximum atomic E-state index is 13.2. The van der Waals surface area contributed by atoms with Gasteiger partial charge < -0.3 is 21.3 Å². The van der Waals surface area contributed by atoms with Gasteiger partial charge in [0.25, 0.3) is 5.91 Å². The predicted molar refractivity (Wildman–Crippen MR) is 146 cm³/mol. The summed E-state index contributed by atoms with van der Waals surface area (Å²) in [5, 5.41) is 13.7. The molecule has 1 aliphatic heterocycles. The van der Waals surface area contributed by atoms with E-state index in [-0.39, 0.29) is 42.8 Å². The molecule has 3 aromatic rings. The molecule has 1 aromatic heterocycles. The molecule has 2 aromatic carbocycles. The molecule has 0 spiro atoms. The Morgan fingerprint density at radius 3 is 2.54 bits per heavy atom. The summed E-state index contributed by atoms with van der Waals surface area (Å²) in [6, 6.07) is 20.4. The first-order valence-corrected chi connectivity index (χ1v) is 14.0. The topological polar surface area (TPSA) is 99.3 Å². The van der Waals surface area contributed by atoms with E-state index in [1.54, 1.807) is 0 Å². The normalized spacial score (nSPS) is 20.9. The zero-order valence-corrected chi connectivity index (χ0v) is 21.7. The molecule has 194 valence electrons. The fourth-order valence-corrected chi connectivity index (χ4v) is 6.46. The quantitative estimate of drug-likeness (QED) is 0.361. The van der Waals surface area contributed by atoms with Crippen LogP contribution in [-0.4, -0.2) is 42.4 Å². The summed E-state index contributed by atoms with van der Waals surface area (Å²) in [7, 11) is 0. The second-order valence-corrected chi connectivity index (χ2v) is 11.2. The maximum Gasteiger partial charge on any atom is 0.262 e. The van der Waals surface area contributed by atoms with Crippen molar-refractivity contribution in [2.24, 2.45) is 0 Å². The standard InChI is InChI=1S/C29H34N4O3S/c34-26(32-22-12-16-30-23(19-22)20-8-2-1-3-9-20)13-17-31-28(36)29(14-6-7-15-29)33-27(35)25-18-21-10-4-5-11-24(21)37-25/h1-5,8-11,18,22-23,30H,6-7,12-17,19H2,(H,31,36)(H,32,34)(H,33,35)/t22?,23-/m1/s1. The molecular weight excluding hydrogens is 484 g/mol. The van der Waals surface area contributed by atoms with Gasteiger partial charge in [0.2, 0.25) is 11.8 Å². The number of fused-ring (bicyclic) bond motifs is 1. The Hall–Kier alpha value is -3.23. The molecule has 2 atom stereocenters. The van der Waals surface area contributed by atoms with Crippen molar-refractivity contribution in [3.8, 4) is 0 Å². The van der Waals surface area contributed by atoms with E-state index in [1.165, 1.54) is 16.9 Å². The second kappa shape index (κ2) is 11.4. The van der Waals surface area contributed by atoms with Gasteiger partial charge in [-0.1, -0.05) is 61.4 Å². The number of rotatable bonds is 8. The van der Waals surface area contributed by atoms with E-state index >= 15 is 0 Å². The number of carbonyl (C=O) groups excluding carboxylic acids is 3. The number of thiophene rings is 1. The molecule has 1 aliphatic carbocycles. The van der Waals surface area contributed by atoms with E-state index in [0.717, 1.165) is 42.3 Å². The molecule has 1 unspecified atom stereocenters. The van der Waals surface area contributed by atoms with Crippen molar-refractivity contribution in [3.05, 3.63) is 71.1 Å². The molecule has 2 aliphatic rings. The molecule has 8 heteroatoms. The van der Waals surface area contributed by atoms with Crippen LogP contribution in [0.4, 0.5) is 0 Å². The second-order valence-electron chi connectivity index (χ2n) is 10.1. The number of hydrogen-bond acceptors (Lipinski definition) is 5. The lowest BCUT2D eigenvalue weighted by molar-refractivity contribution is -0.127. The summed E-state index contributed by atoms with van der Waals surface area (Å²) in [6.07, 6.45) is 4.93. The van der Waals surface area contributed by atoms with Gasteiger partial charge in [-0.25, -0.2) is 0 Å². The number of benzene rings is 2. The molecule has 2 heterocycles. The maximum absolute atomic E-state index is 13.2. The lowest BCUT2D eigenvalue weighted by Crippen LogP contribution is -2.57. The van der Waals surface area contributed by atoms with E-state index in [4.69, 9.17) is 0 Å². The Labute approximate surface area is 221 Å². The number of carbonyl (C=O) groups is 3. The van der Waals surface area contributed by atoms with Crippen LogP contribution in [0, 0.1) is 0 Å². The van der Waals surface area contributed by atoms with Crippen molar-refractivity contribution >= 4 is 39.1 Å². The van der Waals surface area contributed by atoms with Crippen molar-refractivity contribution in [3.63, 3.8) is 0 Å². The van der Waals surface area contributed by atoms with Gasteiger partial charge in [-0.3, -0.25) is 14.4 Å². The van der Waals surface area contributed by atoms with Crippen LogP contribution in [0.2, 0.25) is 0 Å². The number of hydrogen-bond donors (Lipinski definition) is 4. The lowest BCUT2D eigenvalue weighted by Gasteiger charge is -2.31. The third-order valence-electron chi connectivity index (χ3n) is 7.50. The summed E-state index contributed by atoms with van der Waals surface area (Å²) >= 11 is 1.43. The minimum atomic E-state index is -0.915. The highest BCUT2D eigenvalue weighted by Gasteiger charge is 2.42. The zero-order valence-electron chi connectivity index (χ0n) is 20.9. The van der Waals surface area contributed by atoms with Crippen LogP contribution >= 0.6 is 11.3 Å². The monoisotopic (exact) mass is 518 g/mol. The third-order valence-corrected chi connectivity index (χ3v) is 8.62. The average molecular weight is 519 g/mol. The van der Waals surface area contributed by atoms with Gasteiger partial charge in [0.1, 0.15) is 5.54 Å². The van der Waals surface area contributed by atoms with Gasteiger partial charge in [-0.05, 0) is 55.3 Å². The van der Waals surface area contributed by atoms with Crippen LogP contribution in [0.3, 0.4) is 0 Å². The Balaban J connectivity index is 1.12. The van der Waals surface area contributed by atoms with E-state index in [1.807, 2.05) is 48.5 Å². The SMILES string of the molecule is O=C(CCNC(=O)C1(NC(=O)c2cc3ccccc3s2)CCCC1)NC1CCN[C@@H](c2ccccc2)C1. The van der Waals surface area contributed by atoms with Gasteiger partial charge in [-0.15, -0.1) is 11.3 Å². The lowest BCUT2D eigenvalue weighted by atomic mass is 9.93. The summed E-state index contributed by atoms with van der Waals surface area (Å²) in [6.45, 7) is 1.10. The highest BCUT2D eigenvalue weighted by Crippen LogP contribution is 2.32. The third kappa shape index (κ3) is 6.02. The largest absolute Gasteiger partial charge is 0.354 e. The molecule has 2 fully saturated rings. The molecule has 3 amide bonds. The molecule has 1 saturated heterocycles. The Bertz CT molecular complexity index is 1220. The van der Waals surface area contributed by atoms with Crippen LogP contribution in [0.1, 0.15) is 66.2 Å². The van der Waals surface area contributed by atoms with Crippen LogP contribution in [0.5, 0.6) is 0 Å². The number of piperidine rings is 1. The van der Waals surface area contributed by atoms with Crippen LogP contribution in [-0.2, 0) is 9.59 Å². The smallest absolute Gasteiger partial charge is 0.262 e. The van der Waals surface area contributed by atoms with E-state index < -0.39 is 5.54 Å². The first kappa shape index (κ1) is 25.4. The zero-order chi connectivity index (χ0) is 25.7. The van der Waals surface area contributed by atoms with Crippen LogP contribution in [0.15, 0.2) is 60.7 Å². The highest BCUT2D eigenvalue weighted by atomic mass is 32.1. The Morgan fingerprint density at radius 2 is 1.76 bits per heavy atom. The predicted octanol–water partition coefficient (Wildman–Crippen LogP) is 4.06. The van der Waals surface area contributed by atoms with Crippen molar-refractivity contribution in [1.29, 1.82) is 0 Å². The Morgan fingerprint density at radius 1 is 1.00 bits per heavy atom. The molecule has 5 rings (SSSR count). The van der Waals surface area contributed by atoms with E-state index in [2.05, 4.69) is 33.4 Å². The van der Waals surface area contributed by atoms with Crippen LogP contribution < -0.4 is 21.3 Å². The van der Waals surface area contributed by atoms with E-state index in [9.17, 15) is 14.4 Å². The molecule has 0 bridgehead atoms. The Kier molecular flexibility index (Phi) is 7.86. The summed E-state index contributed by atoms with van der Waals surface area (Å²) in [5.41, 5.74) is 0.315. The molecule has 7 nitrogen and oxygen atoms in total. The average Bonchev–Trinajstić information content (AvgIpc) is 3.57. The van der Waals surface area contributed by atoms with Gasteiger partial charge in [0.15, 0.2) is 0 Å². The van der Waals surface area contributed by atoms with Gasteiger partial charge in [0, 0.05) is 29.7 Å². The molecule has 0 radical (unpaired) electrons. The fraction of sp³-hybridized carbons (Fsp3) is 0.414. The van der Waals surface area contributed by atoms with Crippen molar-refractivity contribution in [2.75, 3.05) is 13.1 Å².